The lowest BCUT2D eigenvalue weighted by Crippen LogP contribution is -2.23. The van der Waals surface area contributed by atoms with Gasteiger partial charge in [0.25, 0.3) is 5.91 Å². The van der Waals surface area contributed by atoms with E-state index in [1.807, 2.05) is 25.1 Å². The predicted octanol–water partition coefficient (Wildman–Crippen LogP) is 4.78. The Bertz CT molecular complexity index is 986. The number of thioether (sulfide) groups is 1. The Kier molecular flexibility index (Phi) is 6.21. The van der Waals surface area contributed by atoms with E-state index in [2.05, 4.69) is 20.9 Å². The monoisotopic (exact) mass is 460 g/mol. The molecular weight excluding hydrogens is 444 g/mol. The topological polar surface area (TPSA) is 79.2 Å². The van der Waals surface area contributed by atoms with Gasteiger partial charge in [0.1, 0.15) is 5.75 Å². The van der Waals surface area contributed by atoms with Crippen LogP contribution in [0.3, 0.4) is 0 Å². The van der Waals surface area contributed by atoms with Crippen LogP contribution >= 0.6 is 27.7 Å². The van der Waals surface area contributed by atoms with Gasteiger partial charge in [-0.2, -0.15) is 0 Å². The van der Waals surface area contributed by atoms with Crippen molar-refractivity contribution < 1.29 is 19.4 Å². The number of rotatable bonds is 5. The summed E-state index contributed by atoms with van der Waals surface area (Å²) < 4.78 is 6.53. The lowest BCUT2D eigenvalue weighted by molar-refractivity contribution is -0.121. The Hall–Kier alpha value is -2.58. The molecule has 1 saturated heterocycles. The summed E-state index contributed by atoms with van der Waals surface area (Å²) in [5.74, 6) is -0.455. The largest absolute Gasteiger partial charge is 0.493 e. The summed E-state index contributed by atoms with van der Waals surface area (Å²) >= 11 is 4.70. The number of carboxylic acids is 1. The first-order chi connectivity index (χ1) is 13.4. The van der Waals surface area contributed by atoms with E-state index in [1.54, 1.807) is 25.3 Å². The highest BCUT2D eigenvalue weighted by atomic mass is 79.9. The van der Waals surface area contributed by atoms with E-state index in [9.17, 15) is 9.59 Å². The minimum absolute atomic E-state index is 0.159. The van der Waals surface area contributed by atoms with Crippen LogP contribution in [0.4, 0.5) is 5.69 Å². The SMILES string of the molecule is CCOc1ccc(Br)cc1C=C1SC(=Nc2ccc(C(=O)O)cc2)N(C)C1=O. The summed E-state index contributed by atoms with van der Waals surface area (Å²) in [5.41, 5.74) is 1.56. The lowest BCUT2D eigenvalue weighted by Gasteiger charge is -2.08. The summed E-state index contributed by atoms with van der Waals surface area (Å²) in [4.78, 5) is 30.1. The van der Waals surface area contributed by atoms with Gasteiger partial charge in [0.15, 0.2) is 5.17 Å². The highest BCUT2D eigenvalue weighted by Crippen LogP contribution is 2.35. The van der Waals surface area contributed by atoms with Crippen molar-refractivity contribution in [1.82, 2.24) is 4.90 Å². The first kappa shape index (κ1) is 20.2. The molecule has 0 radical (unpaired) electrons. The molecule has 0 atom stereocenters. The van der Waals surface area contributed by atoms with Crippen molar-refractivity contribution in [2.24, 2.45) is 4.99 Å². The normalized spacial score (nSPS) is 16.8. The molecule has 1 aliphatic rings. The molecule has 0 saturated carbocycles. The number of carboxylic acid groups (broad SMARTS) is 1. The fraction of sp³-hybridized carbons (Fsp3) is 0.150. The number of carbonyl (C=O) groups excluding carboxylic acids is 1. The summed E-state index contributed by atoms with van der Waals surface area (Å²) in [6.45, 7) is 2.43. The summed E-state index contributed by atoms with van der Waals surface area (Å²) in [5, 5.41) is 9.50. The Morgan fingerprint density at radius 2 is 2.00 bits per heavy atom. The van der Waals surface area contributed by atoms with Gasteiger partial charge in [0.05, 0.1) is 22.8 Å². The minimum Gasteiger partial charge on any atom is -0.493 e. The molecule has 3 rings (SSSR count). The van der Waals surface area contributed by atoms with E-state index in [0.29, 0.717) is 28.1 Å². The van der Waals surface area contributed by atoms with Gasteiger partial charge in [-0.15, -0.1) is 0 Å². The maximum atomic E-state index is 12.6. The van der Waals surface area contributed by atoms with Crippen LogP contribution in [0, 0.1) is 0 Å². The second-order valence-corrected chi connectivity index (χ2v) is 7.76. The maximum Gasteiger partial charge on any atom is 0.335 e. The van der Waals surface area contributed by atoms with Crippen molar-refractivity contribution in [2.45, 2.75) is 6.92 Å². The summed E-state index contributed by atoms with van der Waals surface area (Å²) in [6, 6.07) is 11.8. The molecule has 1 amide bonds. The third-order valence-electron chi connectivity index (χ3n) is 3.90. The number of amides is 1. The lowest BCUT2D eigenvalue weighted by atomic mass is 10.2. The highest BCUT2D eigenvalue weighted by Gasteiger charge is 2.30. The van der Waals surface area contributed by atoms with Gasteiger partial charge >= 0.3 is 5.97 Å². The van der Waals surface area contributed by atoms with Crippen molar-refractivity contribution >= 4 is 56.5 Å². The molecule has 0 aromatic heterocycles. The molecule has 0 spiro atoms. The van der Waals surface area contributed by atoms with Crippen LogP contribution in [0.25, 0.3) is 6.08 Å². The molecule has 2 aromatic carbocycles. The molecule has 1 fully saturated rings. The smallest absolute Gasteiger partial charge is 0.335 e. The number of nitrogens with zero attached hydrogens (tertiary/aromatic N) is 2. The number of hydrogen-bond donors (Lipinski definition) is 1. The zero-order chi connectivity index (χ0) is 20.3. The number of carbonyl (C=O) groups is 2. The Labute approximate surface area is 175 Å². The van der Waals surface area contributed by atoms with Gasteiger partial charge < -0.3 is 9.84 Å². The van der Waals surface area contributed by atoms with Crippen LogP contribution < -0.4 is 4.74 Å². The van der Waals surface area contributed by atoms with Crippen LogP contribution in [0.1, 0.15) is 22.8 Å². The van der Waals surface area contributed by atoms with Crippen LogP contribution in [0.15, 0.2) is 56.8 Å². The molecule has 0 aliphatic carbocycles. The second-order valence-electron chi connectivity index (χ2n) is 5.84. The van der Waals surface area contributed by atoms with E-state index >= 15 is 0 Å². The first-order valence-corrected chi connectivity index (χ1v) is 10.0. The Morgan fingerprint density at radius 1 is 1.29 bits per heavy atom. The van der Waals surface area contributed by atoms with Crippen LogP contribution in [-0.2, 0) is 4.79 Å². The minimum atomic E-state index is -0.994. The van der Waals surface area contributed by atoms with E-state index in [4.69, 9.17) is 9.84 Å². The van der Waals surface area contributed by atoms with Gasteiger partial charge in [-0.1, -0.05) is 15.9 Å². The van der Waals surface area contributed by atoms with Crippen molar-refractivity contribution in [3.05, 3.63) is 63.0 Å². The molecule has 0 bridgehead atoms. The van der Waals surface area contributed by atoms with E-state index < -0.39 is 5.97 Å². The van der Waals surface area contributed by atoms with Gasteiger partial charge in [-0.05, 0) is 67.2 Å². The average Bonchev–Trinajstić information content (AvgIpc) is 2.92. The summed E-state index contributed by atoms with van der Waals surface area (Å²) in [6.07, 6.45) is 1.79. The van der Waals surface area contributed by atoms with Gasteiger partial charge in [0.2, 0.25) is 0 Å². The number of halogens is 1. The number of amidine groups is 1. The van der Waals surface area contributed by atoms with Crippen LogP contribution in [0.2, 0.25) is 0 Å². The zero-order valence-electron chi connectivity index (χ0n) is 15.2. The van der Waals surface area contributed by atoms with Crippen LogP contribution in [-0.4, -0.2) is 40.7 Å². The van der Waals surface area contributed by atoms with Crippen molar-refractivity contribution in [2.75, 3.05) is 13.7 Å². The second kappa shape index (κ2) is 8.62. The van der Waals surface area contributed by atoms with Crippen molar-refractivity contribution in [3.63, 3.8) is 0 Å². The fourth-order valence-electron chi connectivity index (χ4n) is 2.50. The first-order valence-electron chi connectivity index (χ1n) is 8.41. The molecule has 0 unspecified atom stereocenters. The molecule has 1 aliphatic heterocycles. The molecule has 1 heterocycles. The van der Waals surface area contributed by atoms with E-state index in [-0.39, 0.29) is 11.5 Å². The third kappa shape index (κ3) is 4.45. The van der Waals surface area contributed by atoms with Crippen LogP contribution in [0.5, 0.6) is 5.75 Å². The molecule has 28 heavy (non-hydrogen) atoms. The fourth-order valence-corrected chi connectivity index (χ4v) is 3.86. The van der Waals surface area contributed by atoms with E-state index in [1.165, 1.54) is 28.8 Å². The number of aromatic carboxylic acids is 1. The maximum absolute atomic E-state index is 12.6. The third-order valence-corrected chi connectivity index (χ3v) is 5.45. The van der Waals surface area contributed by atoms with E-state index in [0.717, 1.165) is 10.0 Å². The molecule has 144 valence electrons. The molecule has 2 aromatic rings. The number of benzene rings is 2. The average molecular weight is 461 g/mol. The predicted molar refractivity (Wildman–Crippen MR) is 114 cm³/mol. The van der Waals surface area contributed by atoms with Crippen molar-refractivity contribution in [1.29, 1.82) is 0 Å². The summed E-state index contributed by atoms with van der Waals surface area (Å²) in [7, 11) is 1.66. The molecule has 8 heteroatoms. The van der Waals surface area contributed by atoms with Crippen molar-refractivity contribution in [3.8, 4) is 5.75 Å². The number of hydrogen-bond acceptors (Lipinski definition) is 5. The molecular formula is C20H17BrN2O4S. The standard InChI is InChI=1S/C20H17BrN2O4S/c1-3-27-16-9-6-14(21)10-13(16)11-17-18(24)23(2)20(28-17)22-15-7-4-12(5-8-15)19(25)26/h4-11H,3H2,1-2H3,(H,25,26). The molecule has 1 N–H and O–H groups in total. The number of likely N-dealkylation sites (N-methyl/N-ethyl adjacent to an activating group) is 1. The van der Waals surface area contributed by atoms with Gasteiger partial charge in [-0.25, -0.2) is 9.79 Å². The van der Waals surface area contributed by atoms with Gasteiger partial charge in [-0.3, -0.25) is 9.69 Å². The molecule has 6 nitrogen and oxygen atoms in total. The highest BCUT2D eigenvalue weighted by molar-refractivity contribution is 9.10. The number of ether oxygens (including phenoxy) is 1. The van der Waals surface area contributed by atoms with Gasteiger partial charge in [0, 0.05) is 17.1 Å². The quantitative estimate of drug-likeness (QED) is 0.649. The Balaban J connectivity index is 1.90. The zero-order valence-corrected chi connectivity index (χ0v) is 17.6. The number of aliphatic imine (C=N–C) groups is 1. The Morgan fingerprint density at radius 3 is 2.64 bits per heavy atom.